The first-order chi connectivity index (χ1) is 14.7. The number of benzene rings is 1. The van der Waals surface area contributed by atoms with Gasteiger partial charge in [-0.1, -0.05) is 0 Å². The van der Waals surface area contributed by atoms with Crippen LogP contribution in [-0.4, -0.2) is 31.0 Å². The van der Waals surface area contributed by atoms with Crippen LogP contribution in [0.25, 0.3) is 22.1 Å². The molecule has 160 valence electrons. The molecule has 3 N–H and O–H groups in total. The quantitative estimate of drug-likeness (QED) is 0.493. The van der Waals surface area contributed by atoms with Gasteiger partial charge in [0, 0.05) is 31.5 Å². The molecule has 0 radical (unpaired) electrons. The zero-order valence-corrected chi connectivity index (χ0v) is 17.6. The van der Waals surface area contributed by atoms with Crippen molar-refractivity contribution in [3.05, 3.63) is 47.0 Å². The predicted octanol–water partition coefficient (Wildman–Crippen LogP) is 3.41. The lowest BCUT2D eigenvalue weighted by atomic mass is 10.1. The van der Waals surface area contributed by atoms with Crippen molar-refractivity contribution in [2.24, 2.45) is 12.8 Å². The number of nitrogens with one attached hydrogen (secondary N) is 1. The third-order valence-electron chi connectivity index (χ3n) is 5.95. The molecule has 1 fully saturated rings. The van der Waals surface area contributed by atoms with Crippen molar-refractivity contribution in [1.29, 1.82) is 0 Å². The summed E-state index contributed by atoms with van der Waals surface area (Å²) in [5.41, 5.74) is 7.67. The van der Waals surface area contributed by atoms with Gasteiger partial charge in [0.25, 0.3) is 5.91 Å². The van der Waals surface area contributed by atoms with E-state index in [0.717, 1.165) is 24.2 Å². The van der Waals surface area contributed by atoms with Crippen LogP contribution in [0.5, 0.6) is 0 Å². The van der Waals surface area contributed by atoms with E-state index < -0.39 is 5.91 Å². The van der Waals surface area contributed by atoms with Crippen LogP contribution < -0.4 is 11.1 Å². The first-order valence-corrected chi connectivity index (χ1v) is 10.2. The fraction of sp³-hybridized carbons (Fsp3) is 0.364. The number of primary amides is 1. The molecule has 5 rings (SSSR count). The first-order valence-electron chi connectivity index (χ1n) is 10.2. The van der Waals surface area contributed by atoms with E-state index in [0.29, 0.717) is 52.4 Å². The van der Waals surface area contributed by atoms with Crippen molar-refractivity contribution >= 4 is 33.9 Å². The summed E-state index contributed by atoms with van der Waals surface area (Å²) in [5, 5.41) is 3.97. The largest absolute Gasteiger partial charge is 0.442 e. The van der Waals surface area contributed by atoms with Crippen LogP contribution in [0.3, 0.4) is 0 Å². The van der Waals surface area contributed by atoms with Gasteiger partial charge in [-0.05, 0) is 38.8 Å². The Morgan fingerprint density at radius 1 is 1.29 bits per heavy atom. The van der Waals surface area contributed by atoms with E-state index in [9.17, 15) is 9.18 Å². The van der Waals surface area contributed by atoms with Crippen molar-refractivity contribution < 1.29 is 13.6 Å². The molecule has 31 heavy (non-hydrogen) atoms. The number of nitrogens with zero attached hydrogens (tertiary/aromatic N) is 4. The van der Waals surface area contributed by atoms with Gasteiger partial charge in [-0.3, -0.25) is 4.79 Å². The summed E-state index contributed by atoms with van der Waals surface area (Å²) >= 11 is 0. The molecule has 3 aromatic heterocycles. The number of carbonyl (C=O) groups is 1. The summed E-state index contributed by atoms with van der Waals surface area (Å²) in [7, 11) is 1.91. The maximum Gasteiger partial charge on any atom is 0.253 e. The minimum Gasteiger partial charge on any atom is -0.442 e. The molecule has 0 saturated heterocycles. The molecular formula is C22H23FN6O2. The number of anilines is 1. The van der Waals surface area contributed by atoms with Gasteiger partial charge in [0.1, 0.15) is 29.0 Å². The average molecular weight is 422 g/mol. The molecule has 1 amide bonds. The maximum atomic E-state index is 13.5. The number of amides is 1. The smallest absolute Gasteiger partial charge is 0.253 e. The van der Waals surface area contributed by atoms with Crippen LogP contribution in [0.4, 0.5) is 10.2 Å². The van der Waals surface area contributed by atoms with Gasteiger partial charge in [-0.2, -0.15) is 4.98 Å². The number of furan rings is 1. The molecule has 8 nitrogen and oxygen atoms in total. The topological polar surface area (TPSA) is 112 Å². The lowest BCUT2D eigenvalue weighted by molar-refractivity contribution is 0.1000. The van der Waals surface area contributed by atoms with E-state index in [1.165, 1.54) is 12.1 Å². The minimum atomic E-state index is -0.566. The molecule has 0 aliphatic heterocycles. The lowest BCUT2D eigenvalue weighted by Gasteiger charge is -2.14. The van der Waals surface area contributed by atoms with Gasteiger partial charge < -0.3 is 20.0 Å². The summed E-state index contributed by atoms with van der Waals surface area (Å²) in [4.78, 5) is 25.8. The van der Waals surface area contributed by atoms with Gasteiger partial charge >= 0.3 is 0 Å². The van der Waals surface area contributed by atoms with Crippen LogP contribution >= 0.6 is 0 Å². The van der Waals surface area contributed by atoms with E-state index in [4.69, 9.17) is 15.1 Å². The molecule has 9 heteroatoms. The molecule has 0 unspecified atom stereocenters. The highest BCUT2D eigenvalue weighted by atomic mass is 19.1. The Morgan fingerprint density at radius 2 is 2.06 bits per heavy atom. The third-order valence-corrected chi connectivity index (χ3v) is 5.95. The van der Waals surface area contributed by atoms with E-state index in [2.05, 4.69) is 22.2 Å². The lowest BCUT2D eigenvalue weighted by Crippen LogP contribution is -2.19. The highest BCUT2D eigenvalue weighted by Gasteiger charge is 2.38. The number of halogens is 1. The zero-order valence-electron chi connectivity index (χ0n) is 17.6. The minimum absolute atomic E-state index is 0.0554. The predicted molar refractivity (Wildman–Crippen MR) is 114 cm³/mol. The van der Waals surface area contributed by atoms with E-state index in [1.54, 1.807) is 13.0 Å². The van der Waals surface area contributed by atoms with E-state index in [1.807, 2.05) is 11.6 Å². The fourth-order valence-electron chi connectivity index (χ4n) is 3.92. The standard InChI is InChI=1S/C22H23FN6O2/c1-11-17(19(24)30)18-20(28-22(2)8-9-22)26-15(27-21(18)31-11)6-7-16-25-13-10-12(23)4-5-14(13)29(16)3/h4-5,10H,6-9H2,1-3H3,(H2,24,30)(H,26,27,28). The molecule has 1 saturated carbocycles. The summed E-state index contributed by atoms with van der Waals surface area (Å²) in [6.07, 6.45) is 3.12. The Balaban J connectivity index is 1.51. The third kappa shape index (κ3) is 3.39. The Labute approximate surface area is 177 Å². The molecular weight excluding hydrogens is 399 g/mol. The second-order valence-corrected chi connectivity index (χ2v) is 8.47. The Hall–Kier alpha value is -3.49. The monoisotopic (exact) mass is 422 g/mol. The highest BCUT2D eigenvalue weighted by Crippen LogP contribution is 2.40. The number of fused-ring (bicyclic) bond motifs is 2. The van der Waals surface area contributed by atoms with E-state index in [-0.39, 0.29) is 11.4 Å². The van der Waals surface area contributed by atoms with Crippen molar-refractivity contribution in [3.8, 4) is 0 Å². The first kappa shape index (κ1) is 19.5. The number of imidazole rings is 1. The number of aromatic nitrogens is 4. The van der Waals surface area contributed by atoms with E-state index >= 15 is 0 Å². The summed E-state index contributed by atoms with van der Waals surface area (Å²) < 4.78 is 21.2. The number of nitrogens with two attached hydrogens (primary N) is 1. The Kier molecular flexibility index (Phi) is 4.25. The van der Waals surface area contributed by atoms with Crippen molar-refractivity contribution in [3.63, 3.8) is 0 Å². The zero-order chi connectivity index (χ0) is 21.9. The number of hydrogen-bond donors (Lipinski definition) is 2. The van der Waals surface area contributed by atoms with Gasteiger partial charge in [0.2, 0.25) is 5.71 Å². The van der Waals surface area contributed by atoms with Gasteiger partial charge in [0.15, 0.2) is 0 Å². The van der Waals surface area contributed by atoms with Crippen LogP contribution in [0.15, 0.2) is 22.6 Å². The van der Waals surface area contributed by atoms with Crippen molar-refractivity contribution in [2.45, 2.75) is 45.1 Å². The summed E-state index contributed by atoms with van der Waals surface area (Å²) in [6, 6.07) is 4.58. The van der Waals surface area contributed by atoms with Gasteiger partial charge in [-0.15, -0.1) is 0 Å². The van der Waals surface area contributed by atoms with Crippen molar-refractivity contribution in [2.75, 3.05) is 5.32 Å². The van der Waals surface area contributed by atoms with Crippen LogP contribution in [-0.2, 0) is 19.9 Å². The summed E-state index contributed by atoms with van der Waals surface area (Å²) in [6.45, 7) is 3.80. The normalized spacial score (nSPS) is 15.0. The highest BCUT2D eigenvalue weighted by molar-refractivity contribution is 6.09. The second-order valence-electron chi connectivity index (χ2n) is 8.47. The molecule has 0 bridgehead atoms. The molecule has 4 aromatic rings. The van der Waals surface area contributed by atoms with Crippen molar-refractivity contribution in [1.82, 2.24) is 19.5 Å². The number of aryl methyl sites for hydroxylation is 4. The number of hydrogen-bond acceptors (Lipinski definition) is 6. The molecule has 1 aromatic carbocycles. The molecule has 1 aliphatic rings. The van der Waals surface area contributed by atoms with Crippen LogP contribution in [0.1, 0.15) is 47.5 Å². The Morgan fingerprint density at radius 3 is 2.77 bits per heavy atom. The van der Waals surface area contributed by atoms with Gasteiger partial charge in [-0.25, -0.2) is 14.4 Å². The fourth-order valence-corrected chi connectivity index (χ4v) is 3.92. The maximum absolute atomic E-state index is 13.5. The van der Waals surface area contributed by atoms with Crippen LogP contribution in [0.2, 0.25) is 0 Å². The molecule has 1 aliphatic carbocycles. The van der Waals surface area contributed by atoms with Crippen LogP contribution in [0, 0.1) is 12.7 Å². The molecule has 3 heterocycles. The average Bonchev–Trinajstić information content (AvgIpc) is 3.19. The van der Waals surface area contributed by atoms with Gasteiger partial charge in [0.05, 0.1) is 22.0 Å². The molecule has 0 spiro atoms. The second kappa shape index (κ2) is 6.76. The number of rotatable bonds is 6. The SMILES string of the molecule is Cc1oc2nc(CCc3nc4cc(F)ccc4n3C)nc(NC3(C)CC3)c2c1C(N)=O. The number of carbonyl (C=O) groups excluding carboxylic acids is 1. The summed E-state index contributed by atoms with van der Waals surface area (Å²) in [5.74, 6) is 1.49. The Bertz CT molecular complexity index is 1350. The molecule has 0 atom stereocenters.